The molecular formula is C21H17Cl2N5O3. The van der Waals surface area contributed by atoms with Crippen molar-refractivity contribution in [2.75, 3.05) is 16.0 Å². The molecule has 1 aliphatic heterocycles. The van der Waals surface area contributed by atoms with E-state index in [-0.39, 0.29) is 34.5 Å². The number of nitrogens with zero attached hydrogens (tertiary/aromatic N) is 1. The Morgan fingerprint density at radius 2 is 1.87 bits per heavy atom. The van der Waals surface area contributed by atoms with Gasteiger partial charge in [0.1, 0.15) is 5.82 Å². The number of halogens is 2. The molecule has 0 radical (unpaired) electrons. The fourth-order valence-corrected chi connectivity index (χ4v) is 3.58. The number of aromatic nitrogens is 2. The lowest BCUT2D eigenvalue weighted by atomic mass is 9.92. The molecule has 2 aromatic carbocycles. The molecule has 1 aliphatic rings. The van der Waals surface area contributed by atoms with Crippen LogP contribution in [0, 0.1) is 6.92 Å². The Bertz CT molecular complexity index is 1240. The van der Waals surface area contributed by atoms with Gasteiger partial charge in [0, 0.05) is 17.1 Å². The first-order chi connectivity index (χ1) is 14.8. The van der Waals surface area contributed by atoms with Crippen LogP contribution in [0.5, 0.6) is 0 Å². The van der Waals surface area contributed by atoms with E-state index in [0.29, 0.717) is 10.7 Å². The van der Waals surface area contributed by atoms with E-state index in [1.165, 1.54) is 6.07 Å². The van der Waals surface area contributed by atoms with E-state index in [1.54, 1.807) is 12.1 Å². The van der Waals surface area contributed by atoms with E-state index >= 15 is 0 Å². The van der Waals surface area contributed by atoms with Crippen LogP contribution in [0.15, 0.2) is 47.3 Å². The predicted octanol–water partition coefficient (Wildman–Crippen LogP) is 4.19. The number of nitrogens with one attached hydrogen (secondary N) is 4. The van der Waals surface area contributed by atoms with Gasteiger partial charge in [-0.2, -0.15) is 4.98 Å². The molecule has 158 valence electrons. The summed E-state index contributed by atoms with van der Waals surface area (Å²) in [5.74, 6) is -1.85. The number of hydrogen-bond donors (Lipinski definition) is 4. The minimum Gasteiger partial charge on any atom is -0.326 e. The molecule has 1 atom stereocenters. The molecule has 0 fully saturated rings. The zero-order valence-corrected chi connectivity index (χ0v) is 17.8. The lowest BCUT2D eigenvalue weighted by molar-refractivity contribution is -0.123. The van der Waals surface area contributed by atoms with Gasteiger partial charge >= 0.3 is 0 Å². The van der Waals surface area contributed by atoms with Crippen LogP contribution < -0.4 is 21.5 Å². The van der Waals surface area contributed by atoms with Crippen molar-refractivity contribution in [3.63, 3.8) is 0 Å². The van der Waals surface area contributed by atoms with Gasteiger partial charge in [0.05, 0.1) is 22.2 Å². The molecule has 10 heteroatoms. The second-order valence-corrected chi connectivity index (χ2v) is 7.93. The van der Waals surface area contributed by atoms with Crippen molar-refractivity contribution in [3.05, 3.63) is 74.0 Å². The molecule has 4 N–H and O–H groups in total. The number of anilines is 4. The second-order valence-electron chi connectivity index (χ2n) is 7.09. The van der Waals surface area contributed by atoms with Crippen molar-refractivity contribution < 1.29 is 9.59 Å². The zero-order valence-electron chi connectivity index (χ0n) is 16.3. The van der Waals surface area contributed by atoms with E-state index in [2.05, 4.69) is 25.9 Å². The number of benzene rings is 2. The Labute approximate surface area is 187 Å². The highest BCUT2D eigenvalue weighted by atomic mass is 35.5. The number of carbonyl (C=O) groups excluding carboxylic acids is 2. The fraction of sp³-hybridized carbons (Fsp3) is 0.143. The molecule has 1 aromatic heterocycles. The van der Waals surface area contributed by atoms with E-state index < -0.39 is 23.3 Å². The SMILES string of the molecule is Cc1ccc(Nc2nc3c(c(=O)[nH]2)[C@H](C(=O)Nc2cc(Cl)ccc2Cl)CC(=O)N3)cc1. The predicted molar refractivity (Wildman–Crippen MR) is 120 cm³/mol. The lowest BCUT2D eigenvalue weighted by Gasteiger charge is -2.24. The molecule has 2 amide bonds. The van der Waals surface area contributed by atoms with Crippen LogP contribution in [0.1, 0.15) is 23.5 Å². The van der Waals surface area contributed by atoms with E-state index in [9.17, 15) is 14.4 Å². The van der Waals surface area contributed by atoms with Crippen molar-refractivity contribution in [2.45, 2.75) is 19.3 Å². The second kappa shape index (κ2) is 8.41. The first kappa shape index (κ1) is 20.9. The summed E-state index contributed by atoms with van der Waals surface area (Å²) >= 11 is 12.1. The van der Waals surface area contributed by atoms with Crippen molar-refractivity contribution in [2.24, 2.45) is 0 Å². The number of aryl methyl sites for hydroxylation is 1. The maximum atomic E-state index is 12.9. The van der Waals surface area contributed by atoms with Crippen molar-refractivity contribution in [1.29, 1.82) is 0 Å². The topological polar surface area (TPSA) is 116 Å². The number of rotatable bonds is 4. The molecule has 4 rings (SSSR count). The third-order valence-electron chi connectivity index (χ3n) is 4.77. The highest BCUT2D eigenvalue weighted by molar-refractivity contribution is 6.35. The average molecular weight is 458 g/mol. The number of aromatic amines is 1. The normalized spacial score (nSPS) is 15.1. The molecule has 0 bridgehead atoms. The third kappa shape index (κ3) is 4.55. The monoisotopic (exact) mass is 457 g/mol. The summed E-state index contributed by atoms with van der Waals surface area (Å²) in [5.41, 5.74) is 1.62. The molecule has 0 saturated carbocycles. The molecule has 3 aromatic rings. The molecule has 8 nitrogen and oxygen atoms in total. The molecular weight excluding hydrogens is 441 g/mol. The van der Waals surface area contributed by atoms with Gasteiger partial charge in [0.25, 0.3) is 5.56 Å². The van der Waals surface area contributed by atoms with E-state index in [0.717, 1.165) is 5.56 Å². The van der Waals surface area contributed by atoms with Crippen molar-refractivity contribution in [1.82, 2.24) is 9.97 Å². The first-order valence-corrected chi connectivity index (χ1v) is 10.1. The lowest BCUT2D eigenvalue weighted by Crippen LogP contribution is -2.36. The van der Waals surface area contributed by atoms with Crippen molar-refractivity contribution in [3.8, 4) is 0 Å². The van der Waals surface area contributed by atoms with Gasteiger partial charge in [0.15, 0.2) is 0 Å². The maximum absolute atomic E-state index is 12.9. The standard InChI is InChI=1S/C21H17Cl2N5O3/c1-10-2-5-12(6-3-10)24-21-27-18-17(20(31)28-21)13(9-16(29)26-18)19(30)25-15-8-11(22)4-7-14(15)23/h2-8,13H,9H2,1H3,(H,25,30)(H3,24,26,27,28,29,31)/t13-/m1/s1. The highest BCUT2D eigenvalue weighted by Gasteiger charge is 2.35. The Morgan fingerprint density at radius 1 is 1.13 bits per heavy atom. The van der Waals surface area contributed by atoms with Gasteiger partial charge in [-0.3, -0.25) is 19.4 Å². The molecule has 0 saturated heterocycles. The Balaban J connectivity index is 1.65. The number of fused-ring (bicyclic) bond motifs is 1. The van der Waals surface area contributed by atoms with E-state index in [1.807, 2.05) is 31.2 Å². The van der Waals surface area contributed by atoms with Gasteiger partial charge in [-0.15, -0.1) is 0 Å². The number of H-pyrrole nitrogens is 1. The van der Waals surface area contributed by atoms with Crippen LogP contribution >= 0.6 is 23.2 Å². The van der Waals surface area contributed by atoms with Gasteiger partial charge in [-0.1, -0.05) is 40.9 Å². The Morgan fingerprint density at radius 3 is 2.61 bits per heavy atom. The minimum absolute atomic E-state index is 0.0342. The highest BCUT2D eigenvalue weighted by Crippen LogP contribution is 2.32. The van der Waals surface area contributed by atoms with Crippen LogP contribution in [-0.4, -0.2) is 21.8 Å². The quantitative estimate of drug-likeness (QED) is 0.468. The van der Waals surface area contributed by atoms with Gasteiger partial charge in [-0.25, -0.2) is 0 Å². The maximum Gasteiger partial charge on any atom is 0.258 e. The number of hydrogen-bond acceptors (Lipinski definition) is 5. The van der Waals surface area contributed by atoms with Crippen LogP contribution in [-0.2, 0) is 9.59 Å². The van der Waals surface area contributed by atoms with Gasteiger partial charge in [0.2, 0.25) is 17.8 Å². The molecule has 2 heterocycles. The smallest absolute Gasteiger partial charge is 0.258 e. The average Bonchev–Trinajstić information content (AvgIpc) is 2.71. The molecule has 0 spiro atoms. The Hall–Kier alpha value is -3.36. The van der Waals surface area contributed by atoms with Gasteiger partial charge in [-0.05, 0) is 37.3 Å². The molecule has 0 aliphatic carbocycles. The number of carbonyl (C=O) groups is 2. The van der Waals surface area contributed by atoms with Gasteiger partial charge < -0.3 is 16.0 Å². The largest absolute Gasteiger partial charge is 0.326 e. The summed E-state index contributed by atoms with van der Waals surface area (Å²) in [5, 5.41) is 8.85. The molecule has 0 unspecified atom stereocenters. The third-order valence-corrected chi connectivity index (χ3v) is 5.33. The summed E-state index contributed by atoms with van der Waals surface area (Å²) < 4.78 is 0. The summed E-state index contributed by atoms with van der Waals surface area (Å²) in [4.78, 5) is 44.9. The van der Waals surface area contributed by atoms with Crippen molar-refractivity contribution >= 4 is 58.2 Å². The first-order valence-electron chi connectivity index (χ1n) is 9.34. The van der Waals surface area contributed by atoms with E-state index in [4.69, 9.17) is 23.2 Å². The summed E-state index contributed by atoms with van der Waals surface area (Å²) in [6.45, 7) is 1.96. The van der Waals surface area contributed by atoms with Crippen LogP contribution in [0.25, 0.3) is 0 Å². The summed E-state index contributed by atoms with van der Waals surface area (Å²) in [6.07, 6.45) is -0.202. The zero-order chi connectivity index (χ0) is 22.1. The summed E-state index contributed by atoms with van der Waals surface area (Å²) in [6, 6.07) is 12.1. The van der Waals surface area contributed by atoms with Crippen LogP contribution in [0.4, 0.5) is 23.1 Å². The Kier molecular flexibility index (Phi) is 5.67. The summed E-state index contributed by atoms with van der Waals surface area (Å²) in [7, 11) is 0. The fourth-order valence-electron chi connectivity index (χ4n) is 3.24. The molecule has 31 heavy (non-hydrogen) atoms. The van der Waals surface area contributed by atoms with Crippen LogP contribution in [0.2, 0.25) is 10.0 Å². The van der Waals surface area contributed by atoms with Crippen LogP contribution in [0.3, 0.4) is 0 Å². The number of amides is 2. The minimum atomic E-state index is -1.04.